The average molecular weight is 487 g/mol. The van der Waals surface area contributed by atoms with E-state index < -0.39 is 17.9 Å². The SMILES string of the molecule is CN(O)C(=O)[C@H]1C[C@H](Oc2ccnc3ccccc23)CN[C@@H]1C(=O)N1CC=C(c2ccccc2)CC1. The number of aromatic nitrogens is 1. The summed E-state index contributed by atoms with van der Waals surface area (Å²) in [6, 6.07) is 18.9. The Bertz CT molecular complexity index is 1270. The summed E-state index contributed by atoms with van der Waals surface area (Å²) in [6.45, 7) is 1.47. The minimum atomic E-state index is -0.751. The van der Waals surface area contributed by atoms with Crippen molar-refractivity contribution in [3.05, 3.63) is 78.5 Å². The Balaban J connectivity index is 1.30. The van der Waals surface area contributed by atoms with Gasteiger partial charge >= 0.3 is 0 Å². The third-order valence-electron chi connectivity index (χ3n) is 6.95. The molecule has 0 spiro atoms. The first-order valence-electron chi connectivity index (χ1n) is 12.2. The van der Waals surface area contributed by atoms with E-state index in [0.717, 1.165) is 17.3 Å². The van der Waals surface area contributed by atoms with Crippen molar-refractivity contribution < 1.29 is 19.5 Å². The maximum absolute atomic E-state index is 13.5. The van der Waals surface area contributed by atoms with Gasteiger partial charge in [0.15, 0.2) is 0 Å². The normalized spacial score (nSPS) is 22.1. The Morgan fingerprint density at radius 3 is 2.64 bits per heavy atom. The van der Waals surface area contributed by atoms with Gasteiger partial charge in [-0.05, 0) is 42.2 Å². The number of fused-ring (bicyclic) bond motifs is 1. The van der Waals surface area contributed by atoms with Crippen molar-refractivity contribution in [2.24, 2.45) is 5.92 Å². The fourth-order valence-corrected chi connectivity index (χ4v) is 5.07. The Hall–Kier alpha value is -3.75. The molecule has 2 aliphatic rings. The van der Waals surface area contributed by atoms with Crippen molar-refractivity contribution >= 4 is 28.3 Å². The van der Waals surface area contributed by atoms with E-state index in [1.807, 2.05) is 42.5 Å². The number of amides is 2. The van der Waals surface area contributed by atoms with Crippen molar-refractivity contribution in [2.75, 3.05) is 26.7 Å². The molecule has 3 heterocycles. The number of hydroxylamine groups is 2. The van der Waals surface area contributed by atoms with Gasteiger partial charge in [-0.1, -0.05) is 48.5 Å². The zero-order chi connectivity index (χ0) is 25.1. The molecule has 1 fully saturated rings. The van der Waals surface area contributed by atoms with E-state index in [9.17, 15) is 14.8 Å². The molecule has 0 radical (unpaired) electrons. The molecular formula is C28H30N4O4. The second-order valence-corrected chi connectivity index (χ2v) is 9.29. The number of rotatable bonds is 5. The molecule has 2 N–H and O–H groups in total. The van der Waals surface area contributed by atoms with Gasteiger partial charge in [0.1, 0.15) is 11.9 Å². The van der Waals surface area contributed by atoms with Crippen LogP contribution in [0.3, 0.4) is 0 Å². The van der Waals surface area contributed by atoms with Gasteiger partial charge in [-0.2, -0.15) is 0 Å². The van der Waals surface area contributed by atoms with Gasteiger partial charge in [-0.25, -0.2) is 5.06 Å². The monoisotopic (exact) mass is 486 g/mol. The number of benzene rings is 2. The fraction of sp³-hybridized carbons (Fsp3) is 0.321. The highest BCUT2D eigenvalue weighted by atomic mass is 16.5. The molecule has 8 heteroatoms. The van der Waals surface area contributed by atoms with Gasteiger partial charge in [0.25, 0.3) is 5.91 Å². The summed E-state index contributed by atoms with van der Waals surface area (Å²) in [5.41, 5.74) is 3.21. The molecule has 0 bridgehead atoms. The summed E-state index contributed by atoms with van der Waals surface area (Å²) in [6.07, 6.45) is 4.48. The van der Waals surface area contributed by atoms with Crippen LogP contribution in [0, 0.1) is 5.92 Å². The highest BCUT2D eigenvalue weighted by Crippen LogP contribution is 2.29. The van der Waals surface area contributed by atoms with Crippen LogP contribution in [0.1, 0.15) is 18.4 Å². The van der Waals surface area contributed by atoms with Gasteiger partial charge in [0.05, 0.1) is 17.5 Å². The summed E-state index contributed by atoms with van der Waals surface area (Å²) in [4.78, 5) is 32.6. The third-order valence-corrected chi connectivity index (χ3v) is 6.95. The van der Waals surface area contributed by atoms with E-state index in [4.69, 9.17) is 4.74 Å². The van der Waals surface area contributed by atoms with E-state index in [2.05, 4.69) is 28.5 Å². The Kier molecular flexibility index (Phi) is 6.97. The predicted molar refractivity (Wildman–Crippen MR) is 136 cm³/mol. The van der Waals surface area contributed by atoms with Crippen LogP contribution in [0.25, 0.3) is 16.5 Å². The molecule has 5 rings (SSSR count). The molecule has 2 aromatic carbocycles. The largest absolute Gasteiger partial charge is 0.488 e. The van der Waals surface area contributed by atoms with Gasteiger partial charge in [-0.15, -0.1) is 0 Å². The lowest BCUT2D eigenvalue weighted by Crippen LogP contribution is -2.60. The molecule has 3 atom stereocenters. The minimum Gasteiger partial charge on any atom is -0.488 e. The molecule has 3 aromatic rings. The fourth-order valence-electron chi connectivity index (χ4n) is 5.07. The first kappa shape index (κ1) is 24.0. The maximum atomic E-state index is 13.5. The Morgan fingerprint density at radius 2 is 1.89 bits per heavy atom. The molecule has 186 valence electrons. The molecule has 8 nitrogen and oxygen atoms in total. The number of ether oxygens (including phenoxy) is 1. The number of para-hydroxylation sites is 1. The van der Waals surface area contributed by atoms with Crippen LogP contribution in [0.4, 0.5) is 0 Å². The van der Waals surface area contributed by atoms with Gasteiger partial charge in [0.2, 0.25) is 5.91 Å². The van der Waals surface area contributed by atoms with E-state index in [0.29, 0.717) is 36.9 Å². The molecular weight excluding hydrogens is 456 g/mol. The topological polar surface area (TPSA) is 95.0 Å². The molecule has 0 aliphatic carbocycles. The van der Waals surface area contributed by atoms with Crippen molar-refractivity contribution in [1.29, 1.82) is 0 Å². The van der Waals surface area contributed by atoms with E-state index in [-0.39, 0.29) is 12.0 Å². The minimum absolute atomic E-state index is 0.133. The van der Waals surface area contributed by atoms with Crippen molar-refractivity contribution in [1.82, 2.24) is 20.3 Å². The van der Waals surface area contributed by atoms with E-state index in [1.165, 1.54) is 18.2 Å². The van der Waals surface area contributed by atoms with Gasteiger partial charge < -0.3 is 15.0 Å². The van der Waals surface area contributed by atoms with Crippen molar-refractivity contribution in [2.45, 2.75) is 25.0 Å². The summed E-state index contributed by atoms with van der Waals surface area (Å²) < 4.78 is 6.28. The number of carbonyl (C=O) groups is 2. The highest BCUT2D eigenvalue weighted by molar-refractivity contribution is 5.90. The van der Waals surface area contributed by atoms with Crippen LogP contribution in [0.15, 0.2) is 72.9 Å². The lowest BCUT2D eigenvalue weighted by atomic mass is 9.87. The van der Waals surface area contributed by atoms with Crippen molar-refractivity contribution in [3.8, 4) is 5.75 Å². The zero-order valence-corrected chi connectivity index (χ0v) is 20.2. The molecule has 2 amide bonds. The first-order chi connectivity index (χ1) is 17.5. The summed E-state index contributed by atoms with van der Waals surface area (Å²) in [5, 5.41) is 14.6. The maximum Gasteiger partial charge on any atom is 0.251 e. The molecule has 1 saturated heterocycles. The van der Waals surface area contributed by atoms with Crippen LogP contribution >= 0.6 is 0 Å². The Labute approximate surface area is 210 Å². The Morgan fingerprint density at radius 1 is 1.11 bits per heavy atom. The number of nitrogens with zero attached hydrogens (tertiary/aromatic N) is 3. The summed E-state index contributed by atoms with van der Waals surface area (Å²) >= 11 is 0. The van der Waals surface area contributed by atoms with Crippen molar-refractivity contribution in [3.63, 3.8) is 0 Å². The highest BCUT2D eigenvalue weighted by Gasteiger charge is 2.43. The number of piperidine rings is 1. The number of pyridine rings is 1. The number of carbonyl (C=O) groups excluding carboxylic acids is 2. The van der Waals surface area contributed by atoms with Crippen LogP contribution in [0.5, 0.6) is 5.75 Å². The second-order valence-electron chi connectivity index (χ2n) is 9.29. The second kappa shape index (κ2) is 10.5. The van der Waals surface area contributed by atoms with E-state index >= 15 is 0 Å². The average Bonchev–Trinajstić information content (AvgIpc) is 2.93. The molecule has 2 aliphatic heterocycles. The smallest absolute Gasteiger partial charge is 0.251 e. The van der Waals surface area contributed by atoms with Crippen LogP contribution in [0.2, 0.25) is 0 Å². The summed E-state index contributed by atoms with van der Waals surface area (Å²) in [7, 11) is 1.29. The quantitative estimate of drug-likeness (QED) is 0.425. The van der Waals surface area contributed by atoms with Crippen LogP contribution in [-0.4, -0.2) is 70.8 Å². The number of hydrogen-bond donors (Lipinski definition) is 2. The predicted octanol–water partition coefficient (Wildman–Crippen LogP) is 3.12. The molecule has 36 heavy (non-hydrogen) atoms. The lowest BCUT2D eigenvalue weighted by molar-refractivity contribution is -0.169. The molecule has 1 aromatic heterocycles. The van der Waals surface area contributed by atoms with Crippen LogP contribution in [-0.2, 0) is 9.59 Å². The van der Waals surface area contributed by atoms with Gasteiger partial charge in [-0.3, -0.25) is 19.8 Å². The number of hydrogen-bond acceptors (Lipinski definition) is 6. The zero-order valence-electron chi connectivity index (χ0n) is 20.2. The summed E-state index contributed by atoms with van der Waals surface area (Å²) in [5.74, 6) is -0.716. The lowest BCUT2D eigenvalue weighted by Gasteiger charge is -2.39. The van der Waals surface area contributed by atoms with Gasteiger partial charge in [0, 0.05) is 38.3 Å². The van der Waals surface area contributed by atoms with Crippen LogP contribution < -0.4 is 10.1 Å². The third kappa shape index (κ3) is 4.96. The van der Waals surface area contributed by atoms with E-state index in [1.54, 1.807) is 17.2 Å². The number of nitrogens with one attached hydrogen (secondary N) is 1. The first-order valence-corrected chi connectivity index (χ1v) is 12.2. The standard InChI is InChI=1S/C28H30N4O4/c1-31(35)27(33)23-17-21(36-25-11-14-29-24-10-6-5-9-22(24)25)18-30-26(23)28(34)32-15-12-20(13-16-32)19-7-3-2-4-8-19/h2-12,14,21,23,26,30,35H,13,15-18H2,1H3/t21-,23-,26-/m0/s1. The molecule has 0 unspecified atom stereocenters. The molecule has 0 saturated carbocycles.